The Labute approximate surface area is 142 Å². The van der Waals surface area contributed by atoms with E-state index in [4.69, 9.17) is 9.52 Å². The molecule has 130 valence electrons. The average molecular weight is 361 g/mol. The van der Waals surface area contributed by atoms with Crippen LogP contribution in [0.15, 0.2) is 50.5 Å². The minimum atomic E-state index is -3.72. The molecule has 0 radical (unpaired) electrons. The van der Waals surface area contributed by atoms with Crippen LogP contribution in [0.1, 0.15) is 24.2 Å². The number of nitrogens with one attached hydrogen (secondary N) is 1. The number of fused-ring (bicyclic) bond motifs is 2. The molecule has 0 bridgehead atoms. The van der Waals surface area contributed by atoms with Gasteiger partial charge in [0.2, 0.25) is 15.5 Å². The third-order valence-electron chi connectivity index (χ3n) is 3.59. The van der Waals surface area contributed by atoms with Crippen molar-refractivity contribution in [3.8, 4) is 0 Å². The molecule has 2 N–H and O–H groups in total. The van der Waals surface area contributed by atoms with E-state index in [1.807, 2.05) is 0 Å². The van der Waals surface area contributed by atoms with Crippen molar-refractivity contribution in [2.45, 2.75) is 24.8 Å². The lowest BCUT2D eigenvalue weighted by atomic mass is 10.1. The fraction of sp³-hybridized carbons (Fsp3) is 0.176. The summed E-state index contributed by atoms with van der Waals surface area (Å²) >= 11 is 0. The number of carboxylic acids is 1. The summed E-state index contributed by atoms with van der Waals surface area (Å²) in [5.74, 6) is -1.15. The predicted octanol–water partition coefficient (Wildman–Crippen LogP) is 2.33. The number of hydrogen-bond donors (Lipinski definition) is 2. The van der Waals surface area contributed by atoms with Crippen molar-refractivity contribution in [1.29, 1.82) is 0 Å². The number of hydrogen-bond acceptors (Lipinski definition) is 5. The van der Waals surface area contributed by atoms with Crippen LogP contribution in [0.2, 0.25) is 0 Å². The molecular weight excluding hydrogens is 346 g/mol. The average Bonchev–Trinajstić information content (AvgIpc) is 2.53. The molecule has 0 aliphatic rings. The smallest absolute Gasteiger partial charge is 0.335 e. The maximum Gasteiger partial charge on any atom is 0.335 e. The molecule has 0 saturated heterocycles. The molecule has 0 unspecified atom stereocenters. The van der Waals surface area contributed by atoms with Crippen LogP contribution in [0.25, 0.3) is 21.9 Å². The maximum absolute atomic E-state index is 12.6. The zero-order valence-corrected chi connectivity index (χ0v) is 14.3. The molecule has 0 amide bonds. The summed E-state index contributed by atoms with van der Waals surface area (Å²) in [6, 6.07) is 7.63. The van der Waals surface area contributed by atoms with Crippen LogP contribution >= 0.6 is 0 Å². The maximum atomic E-state index is 12.6. The highest BCUT2D eigenvalue weighted by Crippen LogP contribution is 2.22. The van der Waals surface area contributed by atoms with Gasteiger partial charge in [0.15, 0.2) is 0 Å². The summed E-state index contributed by atoms with van der Waals surface area (Å²) in [5, 5.41) is 9.35. The number of aromatic carboxylic acids is 1. The molecule has 3 rings (SSSR count). The summed E-state index contributed by atoms with van der Waals surface area (Å²) in [6.45, 7) is 3.40. The second kappa shape index (κ2) is 5.98. The summed E-state index contributed by atoms with van der Waals surface area (Å²) in [7, 11) is -3.72. The first kappa shape index (κ1) is 17.1. The van der Waals surface area contributed by atoms with Crippen molar-refractivity contribution in [2.75, 3.05) is 0 Å². The Bertz CT molecular complexity index is 1160. The Morgan fingerprint density at radius 1 is 1.08 bits per heavy atom. The Morgan fingerprint density at radius 2 is 1.80 bits per heavy atom. The van der Waals surface area contributed by atoms with Gasteiger partial charge in [0, 0.05) is 12.1 Å². The molecular formula is C17H15NO6S. The quantitative estimate of drug-likeness (QED) is 0.690. The third-order valence-corrected chi connectivity index (χ3v) is 5.25. The second-order valence-electron chi connectivity index (χ2n) is 5.88. The molecule has 0 spiro atoms. The Balaban J connectivity index is 2.25. The molecule has 8 heteroatoms. The van der Waals surface area contributed by atoms with Crippen LogP contribution in [-0.2, 0) is 10.0 Å². The standard InChI is InChI=1S/C17H15NO6S/c1-9(2)18-25(22,23)11-4-5-12-15(8-11)24-14-6-3-10(17(20)21)7-13(14)16(12)19/h3-9,18H,1-2H3,(H,20,21). The number of sulfonamides is 1. The molecule has 0 saturated carbocycles. The Hall–Kier alpha value is -2.71. The Morgan fingerprint density at radius 3 is 2.44 bits per heavy atom. The zero-order chi connectivity index (χ0) is 18.4. The van der Waals surface area contributed by atoms with E-state index in [1.54, 1.807) is 13.8 Å². The normalized spacial score (nSPS) is 12.1. The van der Waals surface area contributed by atoms with Gasteiger partial charge in [-0.25, -0.2) is 17.9 Å². The highest BCUT2D eigenvalue weighted by Gasteiger charge is 2.18. The first-order valence-corrected chi connectivity index (χ1v) is 8.93. The van der Waals surface area contributed by atoms with Gasteiger partial charge in [-0.1, -0.05) is 0 Å². The van der Waals surface area contributed by atoms with Crippen LogP contribution in [0, 0.1) is 0 Å². The lowest BCUT2D eigenvalue weighted by molar-refractivity contribution is 0.0697. The topological polar surface area (TPSA) is 114 Å². The van der Waals surface area contributed by atoms with E-state index in [2.05, 4.69) is 4.72 Å². The summed E-state index contributed by atoms with van der Waals surface area (Å²) in [6.07, 6.45) is 0. The van der Waals surface area contributed by atoms with Gasteiger partial charge in [0.05, 0.1) is 21.2 Å². The second-order valence-corrected chi connectivity index (χ2v) is 7.60. The van der Waals surface area contributed by atoms with Crippen molar-refractivity contribution < 1.29 is 22.7 Å². The lowest BCUT2D eigenvalue weighted by Crippen LogP contribution is -2.30. The van der Waals surface area contributed by atoms with E-state index in [1.165, 1.54) is 36.4 Å². The number of carbonyl (C=O) groups is 1. The fourth-order valence-electron chi connectivity index (χ4n) is 2.51. The van der Waals surface area contributed by atoms with Crippen LogP contribution in [-0.4, -0.2) is 25.5 Å². The van der Waals surface area contributed by atoms with Gasteiger partial charge in [-0.15, -0.1) is 0 Å². The molecule has 0 aliphatic heterocycles. The largest absolute Gasteiger partial charge is 0.478 e. The van der Waals surface area contributed by atoms with Crippen LogP contribution in [0.4, 0.5) is 0 Å². The summed E-state index contributed by atoms with van der Waals surface area (Å²) in [4.78, 5) is 23.6. The number of benzene rings is 2. The molecule has 0 atom stereocenters. The predicted molar refractivity (Wildman–Crippen MR) is 92.4 cm³/mol. The van der Waals surface area contributed by atoms with E-state index in [0.29, 0.717) is 0 Å². The SMILES string of the molecule is CC(C)NS(=O)(=O)c1ccc2c(=O)c3cc(C(=O)O)ccc3oc2c1. The van der Waals surface area contributed by atoms with E-state index in [-0.39, 0.29) is 38.4 Å². The van der Waals surface area contributed by atoms with Gasteiger partial charge >= 0.3 is 5.97 Å². The van der Waals surface area contributed by atoms with Crippen molar-refractivity contribution >= 4 is 37.9 Å². The molecule has 1 aromatic heterocycles. The third kappa shape index (κ3) is 3.13. The minimum absolute atomic E-state index is 0.0154. The summed E-state index contributed by atoms with van der Waals surface area (Å²) in [5.41, 5.74) is -0.138. The van der Waals surface area contributed by atoms with E-state index >= 15 is 0 Å². The zero-order valence-electron chi connectivity index (χ0n) is 13.4. The fourth-order valence-corrected chi connectivity index (χ4v) is 3.78. The van der Waals surface area contributed by atoms with Gasteiger partial charge in [0.25, 0.3) is 0 Å². The number of rotatable bonds is 4. The van der Waals surface area contributed by atoms with Crippen LogP contribution in [0.5, 0.6) is 0 Å². The highest BCUT2D eigenvalue weighted by molar-refractivity contribution is 7.89. The summed E-state index contributed by atoms with van der Waals surface area (Å²) < 4.78 is 32.6. The molecule has 3 aromatic rings. The van der Waals surface area contributed by atoms with E-state index in [9.17, 15) is 18.0 Å². The molecule has 0 aliphatic carbocycles. The number of carboxylic acid groups (broad SMARTS) is 1. The molecule has 2 aromatic carbocycles. The Kier molecular flexibility index (Phi) is 4.09. The van der Waals surface area contributed by atoms with E-state index < -0.39 is 21.4 Å². The van der Waals surface area contributed by atoms with Crippen molar-refractivity contribution in [1.82, 2.24) is 4.72 Å². The minimum Gasteiger partial charge on any atom is -0.478 e. The van der Waals surface area contributed by atoms with Crippen molar-refractivity contribution in [3.05, 3.63) is 52.2 Å². The first-order chi connectivity index (χ1) is 11.7. The molecule has 0 fully saturated rings. The van der Waals surface area contributed by atoms with Crippen LogP contribution < -0.4 is 10.2 Å². The molecule has 1 heterocycles. The van der Waals surface area contributed by atoms with E-state index in [0.717, 1.165) is 0 Å². The first-order valence-electron chi connectivity index (χ1n) is 7.45. The van der Waals surface area contributed by atoms with Gasteiger partial charge in [0.1, 0.15) is 11.2 Å². The molecule has 25 heavy (non-hydrogen) atoms. The monoisotopic (exact) mass is 361 g/mol. The van der Waals surface area contributed by atoms with Gasteiger partial charge in [-0.2, -0.15) is 0 Å². The van der Waals surface area contributed by atoms with Crippen molar-refractivity contribution in [3.63, 3.8) is 0 Å². The highest BCUT2D eigenvalue weighted by atomic mass is 32.2. The van der Waals surface area contributed by atoms with Crippen molar-refractivity contribution in [2.24, 2.45) is 0 Å². The van der Waals surface area contributed by atoms with Gasteiger partial charge in [-0.3, -0.25) is 4.79 Å². The van der Waals surface area contributed by atoms with Gasteiger partial charge in [-0.05, 0) is 44.2 Å². The molecule has 7 nitrogen and oxygen atoms in total. The van der Waals surface area contributed by atoms with Gasteiger partial charge < -0.3 is 9.52 Å². The van der Waals surface area contributed by atoms with Crippen LogP contribution in [0.3, 0.4) is 0 Å². The lowest BCUT2D eigenvalue weighted by Gasteiger charge is -2.10.